The van der Waals surface area contributed by atoms with Crippen LogP contribution in [0.1, 0.15) is 17.7 Å². The van der Waals surface area contributed by atoms with Crippen LogP contribution >= 0.6 is 11.3 Å². The first kappa shape index (κ1) is 16.7. The summed E-state index contributed by atoms with van der Waals surface area (Å²) in [7, 11) is -2.88. The molecular formula is C18H23NO2S2. The lowest BCUT2D eigenvalue weighted by atomic mass is 10.00. The van der Waals surface area contributed by atoms with Crippen molar-refractivity contribution < 1.29 is 8.42 Å². The Morgan fingerprint density at radius 1 is 1.17 bits per heavy atom. The fraction of sp³-hybridized carbons (Fsp3) is 0.444. The summed E-state index contributed by atoms with van der Waals surface area (Å²) in [6.45, 7) is 2.89. The molecule has 0 spiro atoms. The summed E-state index contributed by atoms with van der Waals surface area (Å²) in [5.74, 6) is 0.607. The maximum absolute atomic E-state index is 11.5. The van der Waals surface area contributed by atoms with Gasteiger partial charge in [-0.25, -0.2) is 8.42 Å². The third kappa shape index (κ3) is 4.90. The van der Waals surface area contributed by atoms with Crippen molar-refractivity contribution in [3.8, 4) is 10.4 Å². The van der Waals surface area contributed by atoms with Crippen molar-refractivity contribution in [1.29, 1.82) is 0 Å². The van der Waals surface area contributed by atoms with Crippen LogP contribution in [0.3, 0.4) is 0 Å². The Hall–Kier alpha value is -1.17. The SMILES string of the molecule is CS(=O)(=O)C[C@@H]1CCCN(Cc2ccc(-c3ccccc3)s2)C1. The molecule has 3 rings (SSSR count). The van der Waals surface area contributed by atoms with Crippen molar-refractivity contribution in [2.45, 2.75) is 19.4 Å². The first-order chi connectivity index (χ1) is 11.0. The van der Waals surface area contributed by atoms with Gasteiger partial charge in [-0.2, -0.15) is 0 Å². The fourth-order valence-electron chi connectivity index (χ4n) is 3.30. The smallest absolute Gasteiger partial charge is 0.147 e. The van der Waals surface area contributed by atoms with Crippen molar-refractivity contribution >= 4 is 21.2 Å². The molecule has 0 amide bonds. The van der Waals surface area contributed by atoms with Gasteiger partial charge in [0.2, 0.25) is 0 Å². The van der Waals surface area contributed by atoms with Gasteiger partial charge in [-0.05, 0) is 43.0 Å². The quantitative estimate of drug-likeness (QED) is 0.826. The van der Waals surface area contributed by atoms with Crippen molar-refractivity contribution in [2.24, 2.45) is 5.92 Å². The van der Waals surface area contributed by atoms with Crippen molar-refractivity contribution in [2.75, 3.05) is 25.1 Å². The zero-order chi connectivity index (χ0) is 16.3. The minimum Gasteiger partial charge on any atom is -0.298 e. The first-order valence-electron chi connectivity index (χ1n) is 8.04. The van der Waals surface area contributed by atoms with E-state index >= 15 is 0 Å². The highest BCUT2D eigenvalue weighted by molar-refractivity contribution is 7.90. The van der Waals surface area contributed by atoms with E-state index in [-0.39, 0.29) is 5.92 Å². The van der Waals surface area contributed by atoms with Gasteiger partial charge in [-0.15, -0.1) is 11.3 Å². The summed E-state index contributed by atoms with van der Waals surface area (Å²) in [6.07, 6.45) is 3.47. The normalized spacial score (nSPS) is 19.8. The summed E-state index contributed by atoms with van der Waals surface area (Å²) in [4.78, 5) is 5.05. The lowest BCUT2D eigenvalue weighted by molar-refractivity contribution is 0.179. The molecule has 2 aromatic rings. The van der Waals surface area contributed by atoms with E-state index in [0.29, 0.717) is 5.75 Å². The monoisotopic (exact) mass is 349 g/mol. The van der Waals surface area contributed by atoms with Crippen molar-refractivity contribution in [1.82, 2.24) is 4.90 Å². The molecule has 1 atom stereocenters. The van der Waals surface area contributed by atoms with E-state index in [4.69, 9.17) is 0 Å². The second-order valence-electron chi connectivity index (χ2n) is 6.47. The van der Waals surface area contributed by atoms with Gasteiger partial charge in [0.1, 0.15) is 9.84 Å². The van der Waals surface area contributed by atoms with Gasteiger partial charge in [0.05, 0.1) is 5.75 Å². The number of benzene rings is 1. The molecule has 1 fully saturated rings. The topological polar surface area (TPSA) is 37.4 Å². The first-order valence-corrected chi connectivity index (χ1v) is 10.9. The maximum Gasteiger partial charge on any atom is 0.147 e. The van der Waals surface area contributed by atoms with Gasteiger partial charge in [-0.1, -0.05) is 30.3 Å². The molecule has 0 unspecified atom stereocenters. The molecule has 0 bridgehead atoms. The molecule has 1 aromatic carbocycles. The molecule has 124 valence electrons. The molecule has 2 heterocycles. The Balaban J connectivity index is 1.62. The second kappa shape index (κ2) is 7.16. The molecule has 0 N–H and O–H groups in total. The largest absolute Gasteiger partial charge is 0.298 e. The molecule has 0 saturated carbocycles. The Labute approximate surface area is 142 Å². The molecule has 23 heavy (non-hydrogen) atoms. The molecule has 1 aliphatic heterocycles. The predicted molar refractivity (Wildman–Crippen MR) is 97.5 cm³/mol. The van der Waals surface area contributed by atoms with Gasteiger partial charge in [0, 0.05) is 29.1 Å². The number of rotatable bonds is 5. The van der Waals surface area contributed by atoms with Crippen LogP contribution in [0, 0.1) is 5.92 Å². The number of sulfone groups is 1. The summed E-state index contributed by atoms with van der Waals surface area (Å²) in [5.41, 5.74) is 1.26. The van der Waals surface area contributed by atoms with Crippen molar-refractivity contribution in [3.63, 3.8) is 0 Å². The van der Waals surface area contributed by atoms with E-state index in [2.05, 4.69) is 41.3 Å². The van der Waals surface area contributed by atoms with Gasteiger partial charge in [0.25, 0.3) is 0 Å². The molecule has 0 radical (unpaired) electrons. The molecule has 1 aromatic heterocycles. The van der Waals surface area contributed by atoms with E-state index in [1.54, 1.807) is 0 Å². The second-order valence-corrected chi connectivity index (χ2v) is 9.82. The number of nitrogens with zero attached hydrogens (tertiary/aromatic N) is 1. The molecule has 1 saturated heterocycles. The highest BCUT2D eigenvalue weighted by Crippen LogP contribution is 2.29. The van der Waals surface area contributed by atoms with E-state index in [9.17, 15) is 8.42 Å². The predicted octanol–water partition coefficient (Wildman–Crippen LogP) is 3.67. The zero-order valence-electron chi connectivity index (χ0n) is 13.4. The Morgan fingerprint density at radius 3 is 2.70 bits per heavy atom. The molecular weight excluding hydrogens is 326 g/mol. The fourth-order valence-corrected chi connectivity index (χ4v) is 5.48. The third-order valence-electron chi connectivity index (χ3n) is 4.24. The zero-order valence-corrected chi connectivity index (χ0v) is 15.1. The van der Waals surface area contributed by atoms with E-state index in [1.807, 2.05) is 17.4 Å². The van der Waals surface area contributed by atoms with Gasteiger partial charge in [0.15, 0.2) is 0 Å². The summed E-state index contributed by atoms with van der Waals surface area (Å²) in [5, 5.41) is 0. The van der Waals surface area contributed by atoms with Gasteiger partial charge in [-0.3, -0.25) is 4.90 Å². The minimum absolute atomic E-state index is 0.285. The van der Waals surface area contributed by atoms with Crippen molar-refractivity contribution in [3.05, 3.63) is 47.3 Å². The number of thiophene rings is 1. The van der Waals surface area contributed by atoms with Crippen LogP contribution in [0.5, 0.6) is 0 Å². The summed E-state index contributed by atoms with van der Waals surface area (Å²) < 4.78 is 23.0. The van der Waals surface area contributed by atoms with Gasteiger partial charge < -0.3 is 0 Å². The molecule has 1 aliphatic rings. The van der Waals surface area contributed by atoms with Crippen LogP contribution in [0.2, 0.25) is 0 Å². The Bertz CT molecular complexity index is 737. The van der Waals surface area contributed by atoms with Crippen LogP contribution in [0.15, 0.2) is 42.5 Å². The summed E-state index contributed by atoms with van der Waals surface area (Å²) in [6, 6.07) is 14.8. The number of likely N-dealkylation sites (tertiary alicyclic amines) is 1. The Kier molecular flexibility index (Phi) is 5.19. The molecule has 3 nitrogen and oxygen atoms in total. The Morgan fingerprint density at radius 2 is 1.96 bits per heavy atom. The van der Waals surface area contributed by atoms with Crippen LogP contribution < -0.4 is 0 Å². The number of hydrogen-bond donors (Lipinski definition) is 0. The highest BCUT2D eigenvalue weighted by Gasteiger charge is 2.23. The summed E-state index contributed by atoms with van der Waals surface area (Å²) >= 11 is 1.83. The van der Waals surface area contributed by atoms with Crippen LogP contribution in [-0.4, -0.2) is 38.4 Å². The maximum atomic E-state index is 11.5. The number of piperidine rings is 1. The van der Waals surface area contributed by atoms with Crippen LogP contribution in [0.4, 0.5) is 0 Å². The average molecular weight is 350 g/mol. The van der Waals surface area contributed by atoms with Crippen LogP contribution in [-0.2, 0) is 16.4 Å². The lowest BCUT2D eigenvalue weighted by Gasteiger charge is -2.32. The van der Waals surface area contributed by atoms with E-state index in [0.717, 1.165) is 32.5 Å². The average Bonchev–Trinajstić information content (AvgIpc) is 2.95. The third-order valence-corrected chi connectivity index (χ3v) is 6.44. The van der Waals surface area contributed by atoms with E-state index < -0.39 is 9.84 Å². The number of hydrogen-bond acceptors (Lipinski definition) is 4. The van der Waals surface area contributed by atoms with E-state index in [1.165, 1.54) is 21.6 Å². The molecule has 5 heteroatoms. The van der Waals surface area contributed by atoms with Gasteiger partial charge >= 0.3 is 0 Å². The molecule has 0 aliphatic carbocycles. The van der Waals surface area contributed by atoms with Crippen LogP contribution in [0.25, 0.3) is 10.4 Å². The standard InChI is InChI=1S/C18H23NO2S2/c1-23(20,21)14-15-6-5-11-19(12-15)13-17-9-10-18(22-17)16-7-3-2-4-8-16/h2-4,7-10,15H,5-6,11-14H2,1H3/t15-/m1/s1. The highest BCUT2D eigenvalue weighted by atomic mass is 32.2. The minimum atomic E-state index is -2.88. The lowest BCUT2D eigenvalue weighted by Crippen LogP contribution is -2.37.